The van der Waals surface area contributed by atoms with E-state index in [2.05, 4.69) is 44.8 Å². The minimum atomic E-state index is -0.181. The summed E-state index contributed by atoms with van der Waals surface area (Å²) < 4.78 is 13.9. The van der Waals surface area contributed by atoms with Gasteiger partial charge in [0.15, 0.2) is 0 Å². The summed E-state index contributed by atoms with van der Waals surface area (Å²) in [5.74, 6) is 0.171. The Morgan fingerprint density at radius 1 is 1.21 bits per heavy atom. The maximum absolute atomic E-state index is 13.9. The summed E-state index contributed by atoms with van der Waals surface area (Å²) in [5.41, 5.74) is 3.28. The Bertz CT molecular complexity index is 726. The molecule has 4 heteroatoms. The van der Waals surface area contributed by atoms with E-state index in [1.807, 2.05) is 30.4 Å². The van der Waals surface area contributed by atoms with Crippen LogP contribution in [0.15, 0.2) is 51.2 Å². The van der Waals surface area contributed by atoms with Gasteiger partial charge in [-0.2, -0.15) is 0 Å². The van der Waals surface area contributed by atoms with Crippen molar-refractivity contribution >= 4 is 23.8 Å². The summed E-state index contributed by atoms with van der Waals surface area (Å²) in [7, 11) is 2.01. The van der Waals surface area contributed by atoms with Crippen LogP contribution < -0.4 is 0 Å². The van der Waals surface area contributed by atoms with Crippen molar-refractivity contribution in [3.8, 4) is 0 Å². The van der Waals surface area contributed by atoms with E-state index >= 15 is 0 Å². The molecule has 0 N–H and O–H groups in total. The van der Waals surface area contributed by atoms with Crippen LogP contribution in [0.3, 0.4) is 0 Å². The van der Waals surface area contributed by atoms with Gasteiger partial charge in [0.25, 0.3) is 0 Å². The van der Waals surface area contributed by atoms with Crippen molar-refractivity contribution < 1.29 is 4.39 Å². The molecule has 2 aromatic carbocycles. The molecule has 0 spiro atoms. The maximum atomic E-state index is 13.9. The molecule has 0 aliphatic carbocycles. The minimum Gasteiger partial charge on any atom is -0.366 e. The fraction of sp³-hybridized carbons (Fsp3) is 0.350. The summed E-state index contributed by atoms with van der Waals surface area (Å²) >= 11 is 1.47. The number of rotatable bonds is 6. The summed E-state index contributed by atoms with van der Waals surface area (Å²) in [5, 5.41) is 0. The van der Waals surface area contributed by atoms with Gasteiger partial charge < -0.3 is 4.90 Å². The van der Waals surface area contributed by atoms with E-state index in [4.69, 9.17) is 0 Å². The fourth-order valence-electron chi connectivity index (χ4n) is 2.26. The third kappa shape index (κ3) is 4.60. The number of hydrogen-bond donors (Lipinski definition) is 0. The van der Waals surface area contributed by atoms with Crippen LogP contribution in [0.4, 0.5) is 10.1 Å². The Morgan fingerprint density at radius 3 is 2.54 bits per heavy atom. The van der Waals surface area contributed by atoms with Crippen LogP contribution >= 0.6 is 11.8 Å². The first-order valence-electron chi connectivity index (χ1n) is 8.23. The van der Waals surface area contributed by atoms with Crippen molar-refractivity contribution in [2.24, 2.45) is 4.99 Å². The van der Waals surface area contributed by atoms with Crippen molar-refractivity contribution in [1.82, 2.24) is 4.90 Å². The van der Waals surface area contributed by atoms with Crippen molar-refractivity contribution in [3.05, 3.63) is 53.3 Å². The van der Waals surface area contributed by atoms with Gasteiger partial charge in [-0.15, -0.1) is 0 Å². The summed E-state index contributed by atoms with van der Waals surface area (Å²) in [6, 6.07) is 11.1. The van der Waals surface area contributed by atoms with Gasteiger partial charge >= 0.3 is 0 Å². The lowest BCUT2D eigenvalue weighted by atomic mass is 9.99. The molecule has 0 fully saturated rings. The van der Waals surface area contributed by atoms with Crippen LogP contribution in [-0.2, 0) is 0 Å². The molecule has 2 nitrogen and oxygen atoms in total. The quantitative estimate of drug-likeness (QED) is 0.470. The number of nitrogens with zero attached hydrogens (tertiary/aromatic N) is 2. The standard InChI is InChI=1S/C20H25FN2S/c1-6-23(5)13-22-18-11-15(4)20(12-16(18)14(2)3)24-19-10-8-7-9-17(19)21/h7-14H,6H2,1-5H3. The second-order valence-corrected chi connectivity index (χ2v) is 7.27. The predicted molar refractivity (Wildman–Crippen MR) is 102 cm³/mol. The third-order valence-electron chi connectivity index (χ3n) is 3.90. The molecule has 128 valence electrons. The molecule has 2 aromatic rings. The Labute approximate surface area is 148 Å². The summed E-state index contributed by atoms with van der Waals surface area (Å²) in [6.07, 6.45) is 1.87. The van der Waals surface area contributed by atoms with E-state index in [0.717, 1.165) is 22.7 Å². The second kappa shape index (κ2) is 8.34. The highest BCUT2D eigenvalue weighted by Crippen LogP contribution is 2.38. The first-order chi connectivity index (χ1) is 11.4. The van der Waals surface area contributed by atoms with Gasteiger partial charge in [-0.25, -0.2) is 9.38 Å². The van der Waals surface area contributed by atoms with Crippen molar-refractivity contribution in [1.29, 1.82) is 0 Å². The molecule has 0 bridgehead atoms. The van der Waals surface area contributed by atoms with Gasteiger partial charge in [-0.05, 0) is 55.2 Å². The SMILES string of the molecule is CCN(C)C=Nc1cc(C)c(Sc2ccccc2F)cc1C(C)C. The molecular weight excluding hydrogens is 319 g/mol. The third-order valence-corrected chi connectivity index (χ3v) is 5.11. The predicted octanol–water partition coefficient (Wildman–Crippen LogP) is 6.02. The number of hydrogen-bond acceptors (Lipinski definition) is 2. The highest BCUT2D eigenvalue weighted by molar-refractivity contribution is 7.99. The van der Waals surface area contributed by atoms with E-state index in [9.17, 15) is 4.39 Å². The van der Waals surface area contributed by atoms with E-state index in [1.54, 1.807) is 6.07 Å². The average molecular weight is 344 g/mol. The van der Waals surface area contributed by atoms with Crippen molar-refractivity contribution in [3.63, 3.8) is 0 Å². The first kappa shape index (κ1) is 18.5. The molecule has 24 heavy (non-hydrogen) atoms. The zero-order valence-corrected chi connectivity index (χ0v) is 15.8. The largest absolute Gasteiger partial charge is 0.366 e. The van der Waals surface area contributed by atoms with Crippen LogP contribution in [0.25, 0.3) is 0 Å². The lowest BCUT2D eigenvalue weighted by molar-refractivity contribution is 0.552. The summed E-state index contributed by atoms with van der Waals surface area (Å²) in [6.45, 7) is 9.38. The first-order valence-corrected chi connectivity index (χ1v) is 9.05. The molecule has 0 aromatic heterocycles. The molecule has 2 rings (SSSR count). The van der Waals surface area contributed by atoms with Crippen molar-refractivity contribution in [2.45, 2.75) is 43.4 Å². The fourth-order valence-corrected chi connectivity index (χ4v) is 3.22. The number of aliphatic imine (C=N–C) groups is 1. The van der Waals surface area contributed by atoms with E-state index in [1.165, 1.54) is 23.4 Å². The van der Waals surface area contributed by atoms with Gasteiger partial charge in [0, 0.05) is 23.4 Å². The lowest BCUT2D eigenvalue weighted by Crippen LogP contribution is -2.14. The van der Waals surface area contributed by atoms with Gasteiger partial charge in [0.05, 0.1) is 12.0 Å². The van der Waals surface area contributed by atoms with Crippen LogP contribution in [0.1, 0.15) is 37.8 Å². The molecule has 0 radical (unpaired) electrons. The van der Waals surface area contributed by atoms with Gasteiger partial charge in [-0.1, -0.05) is 37.7 Å². The molecular formula is C20H25FN2S. The van der Waals surface area contributed by atoms with Gasteiger partial charge in [0.1, 0.15) is 5.82 Å². The normalized spacial score (nSPS) is 11.5. The van der Waals surface area contributed by atoms with E-state index < -0.39 is 0 Å². The van der Waals surface area contributed by atoms with Crippen LogP contribution in [0.2, 0.25) is 0 Å². The number of aryl methyl sites for hydroxylation is 1. The highest BCUT2D eigenvalue weighted by Gasteiger charge is 2.12. The summed E-state index contributed by atoms with van der Waals surface area (Å²) in [4.78, 5) is 8.41. The Kier molecular flexibility index (Phi) is 6.44. The monoisotopic (exact) mass is 344 g/mol. The molecule has 0 saturated heterocycles. The highest BCUT2D eigenvalue weighted by atomic mass is 32.2. The molecule has 0 unspecified atom stereocenters. The molecule has 0 heterocycles. The second-order valence-electron chi connectivity index (χ2n) is 6.18. The topological polar surface area (TPSA) is 15.6 Å². The lowest BCUT2D eigenvalue weighted by Gasteiger charge is -2.16. The van der Waals surface area contributed by atoms with Crippen LogP contribution in [-0.4, -0.2) is 24.8 Å². The van der Waals surface area contributed by atoms with Crippen LogP contribution in [0, 0.1) is 12.7 Å². The average Bonchev–Trinajstić information content (AvgIpc) is 2.56. The molecule has 0 saturated carbocycles. The minimum absolute atomic E-state index is 0.181. The van der Waals surface area contributed by atoms with E-state index in [-0.39, 0.29) is 5.82 Å². The zero-order chi connectivity index (χ0) is 17.7. The van der Waals surface area contributed by atoms with Gasteiger partial charge in [0.2, 0.25) is 0 Å². The Morgan fingerprint density at radius 2 is 1.92 bits per heavy atom. The molecule has 0 atom stereocenters. The number of benzene rings is 2. The molecule has 0 aliphatic heterocycles. The Hall–Kier alpha value is -1.81. The maximum Gasteiger partial charge on any atom is 0.137 e. The van der Waals surface area contributed by atoms with E-state index in [0.29, 0.717) is 10.8 Å². The molecule has 0 amide bonds. The number of halogens is 1. The zero-order valence-electron chi connectivity index (χ0n) is 15.0. The Balaban J connectivity index is 2.39. The van der Waals surface area contributed by atoms with Crippen molar-refractivity contribution in [2.75, 3.05) is 13.6 Å². The smallest absolute Gasteiger partial charge is 0.137 e. The molecule has 0 aliphatic rings. The van der Waals surface area contributed by atoms with Gasteiger partial charge in [-0.3, -0.25) is 0 Å². The van der Waals surface area contributed by atoms with Crippen LogP contribution in [0.5, 0.6) is 0 Å².